The molecule has 1 saturated carbocycles. The molecule has 0 bridgehead atoms. The van der Waals surface area contributed by atoms with Gasteiger partial charge in [-0.3, -0.25) is 4.98 Å². The zero-order valence-corrected chi connectivity index (χ0v) is 16.7. The lowest BCUT2D eigenvalue weighted by atomic mass is 9.72. The number of halogens is 2. The molecule has 1 aliphatic rings. The molecule has 0 saturated heterocycles. The summed E-state index contributed by atoms with van der Waals surface area (Å²) in [5, 5.41) is 5.40. The van der Waals surface area contributed by atoms with Gasteiger partial charge in [-0.2, -0.15) is 4.52 Å². The number of hydrogen-bond donors (Lipinski definition) is 2. The normalized spacial score (nSPS) is 19.6. The first-order valence-corrected chi connectivity index (χ1v) is 9.94. The fourth-order valence-corrected chi connectivity index (χ4v) is 4.05. The lowest BCUT2D eigenvalue weighted by Gasteiger charge is -2.33. The number of nitrogen functional groups attached to an aromatic ring is 1. The van der Waals surface area contributed by atoms with Gasteiger partial charge in [0.1, 0.15) is 11.3 Å². The van der Waals surface area contributed by atoms with Crippen molar-refractivity contribution < 1.29 is 13.5 Å². The Kier molecular flexibility index (Phi) is 4.66. The summed E-state index contributed by atoms with van der Waals surface area (Å²) >= 11 is 0. The highest BCUT2D eigenvalue weighted by Crippen LogP contribution is 2.46. The van der Waals surface area contributed by atoms with Crippen LogP contribution in [0.2, 0.25) is 0 Å². The summed E-state index contributed by atoms with van der Waals surface area (Å²) < 4.78 is 32.5. The van der Waals surface area contributed by atoms with Gasteiger partial charge in [-0.1, -0.05) is 12.1 Å². The third-order valence-electron chi connectivity index (χ3n) is 5.91. The third-order valence-corrected chi connectivity index (χ3v) is 5.91. The first-order valence-electron chi connectivity index (χ1n) is 9.94. The maximum absolute atomic E-state index is 12.8. The van der Waals surface area contributed by atoms with Crippen molar-refractivity contribution in [3.8, 4) is 5.75 Å². The molecule has 31 heavy (non-hydrogen) atoms. The number of pyridine rings is 1. The zero-order chi connectivity index (χ0) is 21.7. The van der Waals surface area contributed by atoms with Gasteiger partial charge < -0.3 is 16.2 Å². The van der Waals surface area contributed by atoms with Crippen LogP contribution in [0, 0.1) is 0 Å². The topological polar surface area (TPSA) is 117 Å². The van der Waals surface area contributed by atoms with E-state index in [1.54, 1.807) is 23.8 Å². The second-order valence-electron chi connectivity index (χ2n) is 7.77. The third kappa shape index (κ3) is 3.23. The molecule has 160 valence electrons. The molecule has 8 nitrogen and oxygen atoms in total. The maximum Gasteiger partial charge on any atom is 0.257 e. The number of rotatable bonds is 5. The Morgan fingerprint density at radius 1 is 1.13 bits per heavy atom. The van der Waals surface area contributed by atoms with Crippen LogP contribution >= 0.6 is 0 Å². The van der Waals surface area contributed by atoms with Crippen LogP contribution in [0.5, 0.6) is 5.75 Å². The van der Waals surface area contributed by atoms with Crippen LogP contribution in [0.1, 0.15) is 47.8 Å². The van der Waals surface area contributed by atoms with Crippen molar-refractivity contribution in [2.45, 2.75) is 37.1 Å². The van der Waals surface area contributed by atoms with Gasteiger partial charge in [-0.05, 0) is 36.6 Å². The quantitative estimate of drug-likeness (QED) is 0.504. The van der Waals surface area contributed by atoms with Crippen LogP contribution in [0.3, 0.4) is 0 Å². The molecule has 1 atom stereocenters. The van der Waals surface area contributed by atoms with E-state index in [-0.39, 0.29) is 17.8 Å². The van der Waals surface area contributed by atoms with Gasteiger partial charge in [0.15, 0.2) is 11.5 Å². The summed E-state index contributed by atoms with van der Waals surface area (Å²) in [7, 11) is 1.59. The van der Waals surface area contributed by atoms with E-state index in [1.165, 1.54) is 6.20 Å². The van der Waals surface area contributed by atoms with Crippen molar-refractivity contribution in [2.24, 2.45) is 5.73 Å². The lowest BCUT2D eigenvalue weighted by Crippen LogP contribution is -2.23. The molecule has 0 aliphatic heterocycles. The molecule has 4 N–H and O–H groups in total. The number of benzene rings is 1. The van der Waals surface area contributed by atoms with Crippen molar-refractivity contribution in [1.82, 2.24) is 24.6 Å². The molecule has 0 amide bonds. The molecule has 0 spiro atoms. The van der Waals surface area contributed by atoms with Crippen molar-refractivity contribution in [3.63, 3.8) is 0 Å². The van der Waals surface area contributed by atoms with Gasteiger partial charge in [0.2, 0.25) is 5.95 Å². The Morgan fingerprint density at radius 3 is 2.61 bits per heavy atom. The van der Waals surface area contributed by atoms with E-state index in [9.17, 15) is 8.78 Å². The Bertz CT molecular complexity index is 1250. The summed E-state index contributed by atoms with van der Waals surface area (Å²) in [6, 6.07) is 7.70. The Hall–Kier alpha value is -3.40. The Morgan fingerprint density at radius 2 is 1.94 bits per heavy atom. The number of para-hydroxylation sites is 1. The molecular formula is C21H21F2N7O. The van der Waals surface area contributed by atoms with E-state index in [0.29, 0.717) is 28.3 Å². The molecule has 1 fully saturated rings. The van der Waals surface area contributed by atoms with Gasteiger partial charge in [-0.15, -0.1) is 5.10 Å². The van der Waals surface area contributed by atoms with E-state index >= 15 is 0 Å². The van der Waals surface area contributed by atoms with Crippen LogP contribution in [0.25, 0.3) is 16.6 Å². The second-order valence-corrected chi connectivity index (χ2v) is 7.77. The van der Waals surface area contributed by atoms with Crippen molar-refractivity contribution in [1.29, 1.82) is 0 Å². The number of hydrogen-bond acceptors (Lipinski definition) is 7. The van der Waals surface area contributed by atoms with Crippen molar-refractivity contribution in [3.05, 3.63) is 53.6 Å². The number of anilines is 1. The van der Waals surface area contributed by atoms with E-state index in [4.69, 9.17) is 21.2 Å². The molecule has 4 aromatic rings. The molecule has 3 heterocycles. The van der Waals surface area contributed by atoms with Crippen LogP contribution in [0.15, 0.2) is 36.5 Å². The number of alkyl halides is 2. The fourth-order valence-electron chi connectivity index (χ4n) is 4.05. The highest BCUT2D eigenvalue weighted by molar-refractivity contribution is 5.95. The summed E-state index contributed by atoms with van der Waals surface area (Å²) in [4.78, 5) is 13.5. The number of methoxy groups -OCH3 is 1. The smallest absolute Gasteiger partial charge is 0.257 e. The summed E-state index contributed by atoms with van der Waals surface area (Å²) in [5.74, 6) is 1.96. The molecular weight excluding hydrogens is 404 g/mol. The molecule has 5 rings (SSSR count). The van der Waals surface area contributed by atoms with Gasteiger partial charge >= 0.3 is 0 Å². The first kappa shape index (κ1) is 19.6. The number of ether oxygens (including phenoxy) is 1. The van der Waals surface area contributed by atoms with E-state index < -0.39 is 12.5 Å². The largest absolute Gasteiger partial charge is 0.494 e. The molecule has 0 unspecified atom stereocenters. The minimum absolute atomic E-state index is 0.162. The van der Waals surface area contributed by atoms with E-state index in [1.807, 2.05) is 18.2 Å². The predicted molar refractivity (Wildman–Crippen MR) is 111 cm³/mol. The average Bonchev–Trinajstić information content (AvgIpc) is 3.18. The molecule has 0 radical (unpaired) electrons. The van der Waals surface area contributed by atoms with Crippen LogP contribution in [-0.2, 0) is 0 Å². The van der Waals surface area contributed by atoms with Crippen molar-refractivity contribution in [2.75, 3.05) is 12.8 Å². The fraction of sp³-hybridized carbons (Fsp3) is 0.333. The highest BCUT2D eigenvalue weighted by atomic mass is 19.3. The van der Waals surface area contributed by atoms with Crippen LogP contribution in [0.4, 0.5) is 14.7 Å². The summed E-state index contributed by atoms with van der Waals surface area (Å²) in [6.45, 7) is 0. The molecule has 10 heteroatoms. The maximum atomic E-state index is 12.8. The first-order chi connectivity index (χ1) is 15.0. The lowest BCUT2D eigenvalue weighted by molar-refractivity contribution is 0.116. The summed E-state index contributed by atoms with van der Waals surface area (Å²) in [5.41, 5.74) is 14.1. The minimum atomic E-state index is -2.61. The van der Waals surface area contributed by atoms with E-state index in [0.717, 1.165) is 23.9 Å². The molecule has 1 aliphatic carbocycles. The summed E-state index contributed by atoms with van der Waals surface area (Å²) in [6.07, 6.45) is 0.464. The predicted octanol–water partition coefficient (Wildman–Crippen LogP) is 3.19. The number of aromatic nitrogens is 5. The Balaban J connectivity index is 1.38. The minimum Gasteiger partial charge on any atom is -0.494 e. The van der Waals surface area contributed by atoms with Gasteiger partial charge in [0.25, 0.3) is 6.43 Å². The zero-order valence-electron chi connectivity index (χ0n) is 16.7. The SMILES string of the molecule is COc1cccc2c1nc(N)n1nc([C@H]3C[C@@H](c4ccc([C@H](N)C(F)F)cn4)C3)nc21. The second kappa shape index (κ2) is 7.38. The number of fused-ring (bicyclic) bond motifs is 3. The average molecular weight is 425 g/mol. The van der Waals surface area contributed by atoms with Gasteiger partial charge in [0, 0.05) is 29.1 Å². The standard InChI is InChI=1S/C21H21F2N7O/c1-31-15-4-2-3-13-17(15)27-21(25)30-20(13)28-19(29-30)12-7-11(8-12)14-6-5-10(9-26-14)16(24)18(22)23/h2-6,9,11-12,16,18H,7-8,24H2,1H3,(H2,25,27)/t11-,12+,16-/m0/s1. The van der Waals surface area contributed by atoms with E-state index in [2.05, 4.69) is 15.1 Å². The van der Waals surface area contributed by atoms with Gasteiger partial charge in [-0.25, -0.2) is 18.7 Å². The van der Waals surface area contributed by atoms with Crippen LogP contribution < -0.4 is 16.2 Å². The number of nitrogens with two attached hydrogens (primary N) is 2. The highest BCUT2D eigenvalue weighted by Gasteiger charge is 2.35. The number of nitrogens with zero attached hydrogens (tertiary/aromatic N) is 5. The Labute approximate surface area is 176 Å². The van der Waals surface area contributed by atoms with Crippen molar-refractivity contribution >= 4 is 22.5 Å². The van der Waals surface area contributed by atoms with Crippen LogP contribution in [-0.4, -0.2) is 38.1 Å². The monoisotopic (exact) mass is 425 g/mol. The van der Waals surface area contributed by atoms with Gasteiger partial charge in [0.05, 0.1) is 13.2 Å². The molecule has 1 aromatic carbocycles. The molecule has 3 aromatic heterocycles.